The van der Waals surface area contributed by atoms with Crippen LogP contribution >= 0.6 is 0 Å². The molecule has 5 heteroatoms. The van der Waals surface area contributed by atoms with Crippen LogP contribution in [0.25, 0.3) is 0 Å². The molecule has 0 fully saturated rings. The summed E-state index contributed by atoms with van der Waals surface area (Å²) in [5, 5.41) is 5.33. The molecule has 0 aliphatic heterocycles. The monoisotopic (exact) mass is 284 g/mol. The molecule has 0 aliphatic rings. The zero-order chi connectivity index (χ0) is 15.1. The Bertz CT molecular complexity index is 438. The molecule has 1 rings (SSSR count). The van der Waals surface area contributed by atoms with Gasteiger partial charge in [-0.05, 0) is 30.9 Å². The highest BCUT2D eigenvalue weighted by Gasteiger charge is 2.14. The average Bonchev–Trinajstić information content (AvgIpc) is 2.37. The third-order valence-electron chi connectivity index (χ3n) is 2.86. The molecule has 0 saturated carbocycles. The Kier molecular flexibility index (Phi) is 6.42. The average molecular weight is 284 g/mol. The molecule has 0 aliphatic carbocycles. The second kappa shape index (κ2) is 7.82. The number of rotatable bonds is 7. The Labute approximate surface area is 118 Å². The van der Waals surface area contributed by atoms with E-state index in [9.17, 15) is 13.6 Å². The molecule has 0 aromatic heterocycles. The summed E-state index contributed by atoms with van der Waals surface area (Å²) in [7, 11) is 0. The molecule has 0 bridgehead atoms. The number of anilines is 1. The first-order valence-electron chi connectivity index (χ1n) is 6.96. The maximum atomic E-state index is 13.8. The van der Waals surface area contributed by atoms with Crippen molar-refractivity contribution in [1.29, 1.82) is 0 Å². The molecule has 1 aromatic rings. The van der Waals surface area contributed by atoms with E-state index in [0.717, 1.165) is 25.0 Å². The van der Waals surface area contributed by atoms with Gasteiger partial charge in [0.25, 0.3) is 5.91 Å². The van der Waals surface area contributed by atoms with Crippen molar-refractivity contribution < 1.29 is 13.6 Å². The molecule has 0 heterocycles. The van der Waals surface area contributed by atoms with Crippen molar-refractivity contribution in [2.24, 2.45) is 5.92 Å². The lowest BCUT2D eigenvalue weighted by Crippen LogP contribution is -2.25. The number of amides is 1. The van der Waals surface area contributed by atoms with Crippen molar-refractivity contribution in [3.63, 3.8) is 0 Å². The van der Waals surface area contributed by atoms with Crippen molar-refractivity contribution in [1.82, 2.24) is 5.32 Å². The second-order valence-corrected chi connectivity index (χ2v) is 5.18. The van der Waals surface area contributed by atoms with E-state index in [2.05, 4.69) is 10.6 Å². The van der Waals surface area contributed by atoms with Crippen molar-refractivity contribution in [2.45, 2.75) is 33.6 Å². The predicted octanol–water partition coefficient (Wildman–Crippen LogP) is 3.56. The molecule has 3 nitrogen and oxygen atoms in total. The van der Waals surface area contributed by atoms with Gasteiger partial charge >= 0.3 is 0 Å². The van der Waals surface area contributed by atoms with Gasteiger partial charge in [0.2, 0.25) is 0 Å². The lowest BCUT2D eigenvalue weighted by Gasteiger charge is -2.11. The maximum absolute atomic E-state index is 13.8. The van der Waals surface area contributed by atoms with Gasteiger partial charge in [-0.3, -0.25) is 4.79 Å². The van der Waals surface area contributed by atoms with Gasteiger partial charge in [0, 0.05) is 18.7 Å². The molecule has 0 atom stereocenters. The fraction of sp³-hybridized carbons (Fsp3) is 0.533. The summed E-state index contributed by atoms with van der Waals surface area (Å²) in [6, 6.07) is 2.12. The third-order valence-corrected chi connectivity index (χ3v) is 2.86. The number of nitrogens with one attached hydrogen (secondary N) is 2. The molecule has 0 spiro atoms. The van der Waals surface area contributed by atoms with Gasteiger partial charge in [0.05, 0.1) is 0 Å². The van der Waals surface area contributed by atoms with Crippen LogP contribution in [0.2, 0.25) is 0 Å². The molecule has 20 heavy (non-hydrogen) atoms. The standard InChI is InChI=1S/C15H22F2N2O/c1-4-6-18-14-12(16)8-11(9-13(14)17)15(20)19-7-5-10(2)3/h8-10,18H,4-7H2,1-3H3,(H,19,20). The Morgan fingerprint density at radius 3 is 2.30 bits per heavy atom. The van der Waals surface area contributed by atoms with Crippen LogP contribution < -0.4 is 10.6 Å². The largest absolute Gasteiger partial charge is 0.380 e. The first kappa shape index (κ1) is 16.4. The molecule has 2 N–H and O–H groups in total. The van der Waals surface area contributed by atoms with Gasteiger partial charge in [-0.2, -0.15) is 0 Å². The number of carbonyl (C=O) groups excluding carboxylic acids is 1. The van der Waals surface area contributed by atoms with Crippen molar-refractivity contribution >= 4 is 11.6 Å². The quantitative estimate of drug-likeness (QED) is 0.803. The zero-order valence-corrected chi connectivity index (χ0v) is 12.2. The predicted molar refractivity (Wildman–Crippen MR) is 76.9 cm³/mol. The first-order valence-corrected chi connectivity index (χ1v) is 6.96. The van der Waals surface area contributed by atoms with Crippen molar-refractivity contribution in [2.75, 3.05) is 18.4 Å². The summed E-state index contributed by atoms with van der Waals surface area (Å²) in [5.41, 5.74) is -0.170. The van der Waals surface area contributed by atoms with Gasteiger partial charge in [-0.1, -0.05) is 20.8 Å². The fourth-order valence-corrected chi connectivity index (χ4v) is 1.70. The normalized spacial score (nSPS) is 10.7. The van der Waals surface area contributed by atoms with E-state index in [1.807, 2.05) is 20.8 Å². The van der Waals surface area contributed by atoms with E-state index in [1.54, 1.807) is 0 Å². The van der Waals surface area contributed by atoms with E-state index < -0.39 is 17.5 Å². The zero-order valence-electron chi connectivity index (χ0n) is 12.2. The molecule has 1 amide bonds. The third kappa shape index (κ3) is 4.79. The summed E-state index contributed by atoms with van der Waals surface area (Å²) in [6.07, 6.45) is 1.59. The van der Waals surface area contributed by atoms with Crippen LogP contribution in [0.4, 0.5) is 14.5 Å². The van der Waals surface area contributed by atoms with Gasteiger partial charge in [0.1, 0.15) is 17.3 Å². The van der Waals surface area contributed by atoms with E-state index >= 15 is 0 Å². The van der Waals surface area contributed by atoms with Crippen LogP contribution in [-0.2, 0) is 0 Å². The highest BCUT2D eigenvalue weighted by Crippen LogP contribution is 2.20. The number of halogens is 2. The summed E-state index contributed by atoms with van der Waals surface area (Å²) in [6.45, 7) is 6.96. The summed E-state index contributed by atoms with van der Waals surface area (Å²) < 4.78 is 27.5. The fourth-order valence-electron chi connectivity index (χ4n) is 1.70. The molecule has 0 unspecified atom stereocenters. The minimum absolute atomic E-state index is 0.00537. The van der Waals surface area contributed by atoms with Crippen molar-refractivity contribution in [3.8, 4) is 0 Å². The van der Waals surface area contributed by atoms with Gasteiger partial charge in [-0.25, -0.2) is 8.78 Å². The summed E-state index contributed by atoms with van der Waals surface area (Å²) >= 11 is 0. The summed E-state index contributed by atoms with van der Waals surface area (Å²) in [5.74, 6) is -1.48. The number of hydrogen-bond acceptors (Lipinski definition) is 2. The minimum atomic E-state index is -0.743. The van der Waals surface area contributed by atoms with Crippen LogP contribution in [0.5, 0.6) is 0 Å². The topological polar surface area (TPSA) is 41.1 Å². The molecule has 112 valence electrons. The Morgan fingerprint density at radius 2 is 1.80 bits per heavy atom. The van der Waals surface area contributed by atoms with Gasteiger partial charge < -0.3 is 10.6 Å². The van der Waals surface area contributed by atoms with Crippen molar-refractivity contribution in [3.05, 3.63) is 29.3 Å². The highest BCUT2D eigenvalue weighted by atomic mass is 19.1. The first-order chi connectivity index (χ1) is 9.45. The molecular formula is C15H22F2N2O. The van der Waals surface area contributed by atoms with E-state index in [1.165, 1.54) is 0 Å². The van der Waals surface area contributed by atoms with Crippen LogP contribution in [-0.4, -0.2) is 19.0 Å². The van der Waals surface area contributed by atoms with Crippen LogP contribution in [0, 0.1) is 17.6 Å². The molecular weight excluding hydrogens is 262 g/mol. The SMILES string of the molecule is CCCNc1c(F)cc(C(=O)NCCC(C)C)cc1F. The number of hydrogen-bond donors (Lipinski definition) is 2. The van der Waals surface area contributed by atoms with Gasteiger partial charge in [-0.15, -0.1) is 0 Å². The molecule has 0 radical (unpaired) electrons. The Morgan fingerprint density at radius 1 is 1.20 bits per heavy atom. The smallest absolute Gasteiger partial charge is 0.251 e. The Balaban J connectivity index is 2.74. The number of carbonyl (C=O) groups is 1. The van der Waals surface area contributed by atoms with Crippen LogP contribution in [0.3, 0.4) is 0 Å². The van der Waals surface area contributed by atoms with Crippen LogP contribution in [0.1, 0.15) is 44.0 Å². The number of benzene rings is 1. The highest BCUT2D eigenvalue weighted by molar-refractivity contribution is 5.94. The van der Waals surface area contributed by atoms with Crippen LogP contribution in [0.15, 0.2) is 12.1 Å². The lowest BCUT2D eigenvalue weighted by molar-refractivity contribution is 0.0951. The lowest BCUT2D eigenvalue weighted by atomic mass is 10.1. The maximum Gasteiger partial charge on any atom is 0.251 e. The second-order valence-electron chi connectivity index (χ2n) is 5.18. The Hall–Kier alpha value is -1.65. The van der Waals surface area contributed by atoms with Gasteiger partial charge in [0.15, 0.2) is 0 Å². The summed E-state index contributed by atoms with van der Waals surface area (Å²) in [4.78, 5) is 11.8. The van der Waals surface area contributed by atoms with E-state index in [0.29, 0.717) is 19.0 Å². The minimum Gasteiger partial charge on any atom is -0.380 e. The molecule has 1 aromatic carbocycles. The van der Waals surface area contributed by atoms with E-state index in [4.69, 9.17) is 0 Å². The van der Waals surface area contributed by atoms with E-state index in [-0.39, 0.29) is 11.3 Å². The molecule has 0 saturated heterocycles.